The average molecular weight is 223 g/mol. The standard InChI is InChI=1S/C11H13NO4/c1-2-12-9(14)6-4-7-3-5-8(13)11(16)10(7)15/h3-6,13,15-16H,2H2,1H3,(H,12,14)/b6-4-. The first-order valence-electron chi connectivity index (χ1n) is 4.76. The van der Waals surface area contributed by atoms with Crippen molar-refractivity contribution in [3.63, 3.8) is 0 Å². The monoisotopic (exact) mass is 223 g/mol. The Morgan fingerprint density at radius 1 is 1.31 bits per heavy atom. The Labute approximate surface area is 92.7 Å². The first-order valence-corrected chi connectivity index (χ1v) is 4.76. The summed E-state index contributed by atoms with van der Waals surface area (Å²) in [6.07, 6.45) is 2.58. The van der Waals surface area contributed by atoms with Gasteiger partial charge in [-0.25, -0.2) is 0 Å². The normalized spacial score (nSPS) is 10.6. The van der Waals surface area contributed by atoms with E-state index in [1.54, 1.807) is 6.92 Å². The minimum Gasteiger partial charge on any atom is -0.504 e. The van der Waals surface area contributed by atoms with Gasteiger partial charge in [-0.05, 0) is 25.1 Å². The van der Waals surface area contributed by atoms with Gasteiger partial charge in [-0.15, -0.1) is 0 Å². The Balaban J connectivity index is 2.90. The summed E-state index contributed by atoms with van der Waals surface area (Å²) in [7, 11) is 0. The third-order valence-electron chi connectivity index (χ3n) is 1.93. The number of aromatic hydroxyl groups is 3. The summed E-state index contributed by atoms with van der Waals surface area (Å²) in [4.78, 5) is 11.1. The molecule has 5 nitrogen and oxygen atoms in total. The van der Waals surface area contributed by atoms with E-state index in [0.717, 1.165) is 0 Å². The smallest absolute Gasteiger partial charge is 0.243 e. The highest BCUT2D eigenvalue weighted by Gasteiger charge is 2.08. The molecule has 5 heteroatoms. The third kappa shape index (κ3) is 2.66. The molecule has 16 heavy (non-hydrogen) atoms. The number of nitrogens with one attached hydrogen (secondary N) is 1. The summed E-state index contributed by atoms with van der Waals surface area (Å²) in [5.41, 5.74) is 0.251. The van der Waals surface area contributed by atoms with Crippen LogP contribution in [0.3, 0.4) is 0 Å². The Hall–Kier alpha value is -2.17. The van der Waals surface area contributed by atoms with Gasteiger partial charge in [0.1, 0.15) is 0 Å². The highest BCUT2D eigenvalue weighted by Crippen LogP contribution is 2.37. The van der Waals surface area contributed by atoms with Crippen LogP contribution in [0.5, 0.6) is 17.2 Å². The Morgan fingerprint density at radius 2 is 2.00 bits per heavy atom. The van der Waals surface area contributed by atoms with Gasteiger partial charge in [-0.3, -0.25) is 4.79 Å². The molecular weight excluding hydrogens is 210 g/mol. The van der Waals surface area contributed by atoms with E-state index in [-0.39, 0.29) is 11.5 Å². The molecule has 0 aliphatic heterocycles. The van der Waals surface area contributed by atoms with E-state index in [1.165, 1.54) is 24.3 Å². The van der Waals surface area contributed by atoms with Crippen molar-refractivity contribution in [2.75, 3.05) is 6.54 Å². The van der Waals surface area contributed by atoms with Crippen LogP contribution < -0.4 is 5.32 Å². The van der Waals surface area contributed by atoms with Crippen molar-refractivity contribution in [1.82, 2.24) is 5.32 Å². The van der Waals surface area contributed by atoms with Crippen molar-refractivity contribution in [1.29, 1.82) is 0 Å². The molecule has 0 saturated carbocycles. The molecule has 0 heterocycles. The predicted octanol–water partition coefficient (Wildman–Crippen LogP) is 0.953. The van der Waals surface area contributed by atoms with Gasteiger partial charge in [0.15, 0.2) is 11.5 Å². The molecule has 0 radical (unpaired) electrons. The quantitative estimate of drug-likeness (QED) is 0.453. The van der Waals surface area contributed by atoms with Crippen LogP contribution in [0.25, 0.3) is 6.08 Å². The van der Waals surface area contributed by atoms with E-state index in [4.69, 9.17) is 5.11 Å². The van der Waals surface area contributed by atoms with Gasteiger partial charge >= 0.3 is 0 Å². The largest absolute Gasteiger partial charge is 0.504 e. The lowest BCUT2D eigenvalue weighted by molar-refractivity contribution is -0.116. The summed E-state index contributed by atoms with van der Waals surface area (Å²) < 4.78 is 0. The number of phenols is 3. The highest BCUT2D eigenvalue weighted by atomic mass is 16.3. The second-order valence-corrected chi connectivity index (χ2v) is 3.10. The van der Waals surface area contributed by atoms with Crippen molar-refractivity contribution in [3.05, 3.63) is 23.8 Å². The van der Waals surface area contributed by atoms with Crippen LogP contribution in [0.4, 0.5) is 0 Å². The fraction of sp³-hybridized carbons (Fsp3) is 0.182. The van der Waals surface area contributed by atoms with Gasteiger partial charge in [0.2, 0.25) is 11.7 Å². The second-order valence-electron chi connectivity index (χ2n) is 3.10. The number of carbonyl (C=O) groups excluding carboxylic acids is 1. The van der Waals surface area contributed by atoms with Crippen molar-refractivity contribution < 1.29 is 20.1 Å². The maximum absolute atomic E-state index is 11.1. The van der Waals surface area contributed by atoms with Crippen molar-refractivity contribution in [2.24, 2.45) is 0 Å². The van der Waals surface area contributed by atoms with Crippen LogP contribution in [0.15, 0.2) is 18.2 Å². The van der Waals surface area contributed by atoms with Gasteiger partial charge in [-0.1, -0.05) is 0 Å². The van der Waals surface area contributed by atoms with E-state index < -0.39 is 17.2 Å². The average Bonchev–Trinajstić information content (AvgIpc) is 2.25. The zero-order chi connectivity index (χ0) is 12.1. The van der Waals surface area contributed by atoms with Crippen LogP contribution in [0, 0.1) is 0 Å². The fourth-order valence-corrected chi connectivity index (χ4v) is 1.12. The first kappa shape index (κ1) is 11.9. The molecule has 1 aromatic carbocycles. The van der Waals surface area contributed by atoms with Crippen LogP contribution in [-0.2, 0) is 4.79 Å². The zero-order valence-corrected chi connectivity index (χ0v) is 8.77. The number of hydrogen-bond acceptors (Lipinski definition) is 4. The molecule has 0 aliphatic carbocycles. The van der Waals surface area contributed by atoms with Crippen molar-refractivity contribution >= 4 is 12.0 Å². The van der Waals surface area contributed by atoms with Crippen LogP contribution in [-0.4, -0.2) is 27.8 Å². The fourth-order valence-electron chi connectivity index (χ4n) is 1.12. The number of rotatable bonds is 3. The minimum atomic E-state index is -0.599. The molecular formula is C11H13NO4. The molecule has 0 bridgehead atoms. The van der Waals surface area contributed by atoms with Crippen LogP contribution in [0.2, 0.25) is 0 Å². The minimum absolute atomic E-state index is 0.251. The summed E-state index contributed by atoms with van der Waals surface area (Å²) in [5.74, 6) is -1.76. The SMILES string of the molecule is CCNC(=O)/C=C\c1ccc(O)c(O)c1O. The lowest BCUT2D eigenvalue weighted by Crippen LogP contribution is -2.19. The van der Waals surface area contributed by atoms with Gasteiger partial charge in [0, 0.05) is 18.2 Å². The third-order valence-corrected chi connectivity index (χ3v) is 1.93. The van der Waals surface area contributed by atoms with E-state index in [2.05, 4.69) is 5.32 Å². The lowest BCUT2D eigenvalue weighted by Gasteiger charge is -2.03. The van der Waals surface area contributed by atoms with E-state index in [9.17, 15) is 15.0 Å². The molecule has 4 N–H and O–H groups in total. The zero-order valence-electron chi connectivity index (χ0n) is 8.77. The number of carbonyl (C=O) groups is 1. The van der Waals surface area contributed by atoms with Crippen molar-refractivity contribution in [3.8, 4) is 17.2 Å². The Morgan fingerprint density at radius 3 is 2.62 bits per heavy atom. The number of benzene rings is 1. The molecule has 0 aromatic heterocycles. The lowest BCUT2D eigenvalue weighted by atomic mass is 10.1. The van der Waals surface area contributed by atoms with E-state index in [0.29, 0.717) is 6.54 Å². The van der Waals surface area contributed by atoms with Crippen LogP contribution in [0.1, 0.15) is 12.5 Å². The molecule has 1 aromatic rings. The molecule has 0 aliphatic rings. The molecule has 0 atom stereocenters. The van der Waals surface area contributed by atoms with Crippen LogP contribution >= 0.6 is 0 Å². The van der Waals surface area contributed by atoms with E-state index in [1.807, 2.05) is 0 Å². The maximum Gasteiger partial charge on any atom is 0.243 e. The van der Waals surface area contributed by atoms with Gasteiger partial charge in [0.25, 0.3) is 0 Å². The molecule has 0 unspecified atom stereocenters. The number of hydrogen-bond donors (Lipinski definition) is 4. The Kier molecular flexibility index (Phi) is 3.77. The highest BCUT2D eigenvalue weighted by molar-refractivity contribution is 5.92. The number of likely N-dealkylation sites (N-methyl/N-ethyl adjacent to an activating group) is 1. The summed E-state index contributed by atoms with van der Waals surface area (Å²) >= 11 is 0. The Bertz CT molecular complexity index is 426. The second kappa shape index (κ2) is 5.06. The van der Waals surface area contributed by atoms with Gasteiger partial charge < -0.3 is 20.6 Å². The number of phenolic OH excluding ortho intramolecular Hbond substituents is 3. The summed E-state index contributed by atoms with van der Waals surface area (Å²) in [5, 5.41) is 30.3. The summed E-state index contributed by atoms with van der Waals surface area (Å²) in [6, 6.07) is 2.62. The molecule has 0 fully saturated rings. The number of amides is 1. The molecule has 1 amide bonds. The molecule has 86 valence electrons. The summed E-state index contributed by atoms with van der Waals surface area (Å²) in [6.45, 7) is 2.30. The predicted molar refractivity (Wildman–Crippen MR) is 59.2 cm³/mol. The van der Waals surface area contributed by atoms with Gasteiger partial charge in [-0.2, -0.15) is 0 Å². The van der Waals surface area contributed by atoms with Gasteiger partial charge in [0.05, 0.1) is 0 Å². The molecule has 0 spiro atoms. The first-order chi connectivity index (χ1) is 7.56. The van der Waals surface area contributed by atoms with E-state index >= 15 is 0 Å². The molecule has 0 saturated heterocycles. The van der Waals surface area contributed by atoms with Crippen molar-refractivity contribution in [2.45, 2.75) is 6.92 Å². The molecule has 1 rings (SSSR count). The topological polar surface area (TPSA) is 89.8 Å². The maximum atomic E-state index is 11.1.